The van der Waals surface area contributed by atoms with Crippen LogP contribution < -0.4 is 0 Å². The zero-order chi connectivity index (χ0) is 45.0. The highest BCUT2D eigenvalue weighted by atomic mass is 16.6. The Morgan fingerprint density at radius 1 is 0.918 bits per heavy atom. The molecule has 3 fully saturated rings. The Hall–Kier alpha value is -3.33. The number of amides is 1. The summed E-state index contributed by atoms with van der Waals surface area (Å²) in [5.74, 6) is -7.66. The molecule has 0 spiro atoms. The van der Waals surface area contributed by atoms with Crippen LogP contribution in [0.1, 0.15) is 125 Å². The molecule has 0 radical (unpaired) electrons. The molecule has 342 valence electrons. The second kappa shape index (κ2) is 23.4. The number of ketones is 3. The number of carbonyl (C=O) groups excluding carboxylic acids is 5. The largest absolute Gasteiger partial charge is 0.460 e. The number of esters is 1. The van der Waals surface area contributed by atoms with Gasteiger partial charge in [0.1, 0.15) is 30.1 Å². The minimum absolute atomic E-state index is 0.111. The van der Waals surface area contributed by atoms with Crippen molar-refractivity contribution in [3.8, 4) is 0 Å². The molecule has 2 saturated heterocycles. The lowest BCUT2D eigenvalue weighted by Gasteiger charge is -2.41. The summed E-state index contributed by atoms with van der Waals surface area (Å²) in [6.45, 7) is 10.8. The molecule has 3 aliphatic heterocycles. The standard InChI is InChI=1S/C48H73NO12/c1-29-15-12-10-9-11-13-16-30(2)42(52)44(59-8)43(53)33(5)25-31(3)39(51)28-40(32(4)26-35-20-23-38(50)41(27-35)58-7)60-47(56)37-17-14-24-49(37)46(55)45(54)48(57)34(6)19-22-36(61-48)21-18-29/h9-12,15,25,30-32,34-38,40-41,43-44,50,53,57H,13-14,16-24,26-28H2,1-8H3/b11-9+,12-10+,29-15+,33-25+/t30-,31-,32-,34-,35+,36-,37+,38?,40+,41-,43-,44+,48-/m1/s1. The zero-order valence-electron chi connectivity index (χ0n) is 37.8. The maximum atomic E-state index is 14.1. The highest BCUT2D eigenvalue weighted by Crippen LogP contribution is 2.37. The van der Waals surface area contributed by atoms with Crippen LogP contribution in [0, 0.1) is 29.6 Å². The number of Topliss-reactive ketones (excluding diaryl/α,β-unsaturated/α-hetero) is 3. The van der Waals surface area contributed by atoms with Gasteiger partial charge in [-0.25, -0.2) is 4.79 Å². The van der Waals surface area contributed by atoms with E-state index in [-0.39, 0.29) is 48.9 Å². The second-order valence-corrected chi connectivity index (χ2v) is 18.3. The molecule has 13 nitrogen and oxygen atoms in total. The number of hydrogen-bond donors (Lipinski definition) is 3. The molecule has 2 bridgehead atoms. The van der Waals surface area contributed by atoms with Crippen LogP contribution in [0.4, 0.5) is 0 Å². The van der Waals surface area contributed by atoms with E-state index in [1.807, 2.05) is 51.2 Å². The first kappa shape index (κ1) is 50.3. The van der Waals surface area contributed by atoms with E-state index in [1.54, 1.807) is 34.0 Å². The lowest BCUT2D eigenvalue weighted by atomic mass is 9.78. The van der Waals surface area contributed by atoms with E-state index in [4.69, 9.17) is 18.9 Å². The van der Waals surface area contributed by atoms with E-state index in [2.05, 4.69) is 0 Å². The fraction of sp³-hybridized carbons (Fsp3) is 0.729. The molecule has 0 aromatic carbocycles. The second-order valence-electron chi connectivity index (χ2n) is 18.3. The molecule has 13 atom stereocenters. The van der Waals surface area contributed by atoms with Crippen LogP contribution in [-0.4, -0.2) is 119 Å². The Morgan fingerprint density at radius 2 is 1.66 bits per heavy atom. The molecule has 1 aliphatic carbocycles. The van der Waals surface area contributed by atoms with Gasteiger partial charge in [-0.15, -0.1) is 0 Å². The third kappa shape index (κ3) is 13.3. The number of aliphatic hydroxyl groups excluding tert-OH is 2. The van der Waals surface area contributed by atoms with Crippen molar-refractivity contribution in [2.45, 2.75) is 173 Å². The van der Waals surface area contributed by atoms with Gasteiger partial charge in [-0.05, 0) is 108 Å². The average molecular weight is 856 g/mol. The van der Waals surface area contributed by atoms with Gasteiger partial charge in [-0.1, -0.05) is 69.7 Å². The monoisotopic (exact) mass is 856 g/mol. The molecule has 1 saturated carbocycles. The van der Waals surface area contributed by atoms with Crippen LogP contribution in [0.3, 0.4) is 0 Å². The minimum Gasteiger partial charge on any atom is -0.460 e. The molecule has 4 rings (SSSR count). The summed E-state index contributed by atoms with van der Waals surface area (Å²) >= 11 is 0. The quantitative estimate of drug-likeness (QED) is 0.169. The Morgan fingerprint density at radius 3 is 2.36 bits per heavy atom. The summed E-state index contributed by atoms with van der Waals surface area (Å²) < 4.78 is 23.3. The molecule has 3 N–H and O–H groups in total. The molecule has 13 heteroatoms. The number of cyclic esters (lactones) is 1. The normalized spacial score (nSPS) is 39.6. The summed E-state index contributed by atoms with van der Waals surface area (Å²) in [7, 11) is 2.94. The lowest BCUT2D eigenvalue weighted by molar-refractivity contribution is -0.263. The first-order chi connectivity index (χ1) is 28.9. The van der Waals surface area contributed by atoms with Crippen molar-refractivity contribution in [2.24, 2.45) is 29.6 Å². The van der Waals surface area contributed by atoms with Crippen LogP contribution in [0.5, 0.6) is 0 Å². The van der Waals surface area contributed by atoms with Crippen LogP contribution in [0.25, 0.3) is 0 Å². The van der Waals surface area contributed by atoms with Crippen molar-refractivity contribution >= 4 is 29.2 Å². The topological polar surface area (TPSA) is 186 Å². The number of methoxy groups -OCH3 is 2. The number of ether oxygens (including phenoxy) is 4. The lowest BCUT2D eigenvalue weighted by Crippen LogP contribution is -2.59. The van der Waals surface area contributed by atoms with E-state index in [1.165, 1.54) is 12.0 Å². The highest BCUT2D eigenvalue weighted by molar-refractivity contribution is 6.39. The number of fused-ring (bicyclic) bond motifs is 3. The van der Waals surface area contributed by atoms with Crippen LogP contribution in [0.15, 0.2) is 47.6 Å². The third-order valence-electron chi connectivity index (χ3n) is 13.6. The van der Waals surface area contributed by atoms with E-state index in [0.717, 1.165) is 12.0 Å². The molecule has 3 heterocycles. The van der Waals surface area contributed by atoms with E-state index in [0.29, 0.717) is 69.8 Å². The number of rotatable bonds is 5. The fourth-order valence-corrected chi connectivity index (χ4v) is 9.32. The van der Waals surface area contributed by atoms with Gasteiger partial charge in [-0.2, -0.15) is 0 Å². The van der Waals surface area contributed by atoms with Crippen molar-refractivity contribution in [1.82, 2.24) is 4.90 Å². The Balaban J connectivity index is 1.64. The average Bonchev–Trinajstić information content (AvgIpc) is 3.73. The van der Waals surface area contributed by atoms with E-state index in [9.17, 15) is 39.3 Å². The van der Waals surface area contributed by atoms with Gasteiger partial charge in [0.2, 0.25) is 5.79 Å². The van der Waals surface area contributed by atoms with Crippen molar-refractivity contribution in [1.29, 1.82) is 0 Å². The maximum absolute atomic E-state index is 14.1. The van der Waals surface area contributed by atoms with Gasteiger partial charge < -0.3 is 39.2 Å². The van der Waals surface area contributed by atoms with Crippen LogP contribution >= 0.6 is 0 Å². The molecule has 1 amide bonds. The SMILES string of the molecule is CO[C@@H]1C[C@H](C[C@@H](C)[C@@H]2CC(=O)[C@H](C)/C=C(\C)[C@@H](O)[C@@H](OC)C(=O)[C@H](C)CC/C=C/C=C/C=C(\C)CC[C@@H]3CC[C@@H](C)[C@@](O)(O3)C(=O)C(=O)N3CCC[C@H]3C(=O)O2)CCC1O. The van der Waals surface area contributed by atoms with Gasteiger partial charge >= 0.3 is 5.97 Å². The number of hydrogen-bond acceptors (Lipinski definition) is 12. The summed E-state index contributed by atoms with van der Waals surface area (Å²) in [5.41, 5.74) is 1.46. The summed E-state index contributed by atoms with van der Waals surface area (Å²) in [6.07, 6.45) is 13.0. The third-order valence-corrected chi connectivity index (χ3v) is 13.6. The molecule has 61 heavy (non-hydrogen) atoms. The summed E-state index contributed by atoms with van der Waals surface area (Å²) in [4.78, 5) is 70.7. The van der Waals surface area contributed by atoms with Gasteiger partial charge in [0.25, 0.3) is 11.7 Å². The van der Waals surface area contributed by atoms with Crippen molar-refractivity contribution in [2.75, 3.05) is 20.8 Å². The molecule has 0 aromatic heterocycles. The summed E-state index contributed by atoms with van der Waals surface area (Å²) in [5, 5.41) is 33.5. The smallest absolute Gasteiger partial charge is 0.329 e. The number of carbonyl (C=O) groups is 5. The van der Waals surface area contributed by atoms with Crippen molar-refractivity contribution < 1.29 is 58.2 Å². The summed E-state index contributed by atoms with van der Waals surface area (Å²) in [6, 6.07) is -1.10. The predicted molar refractivity (Wildman–Crippen MR) is 230 cm³/mol. The van der Waals surface area contributed by atoms with Gasteiger partial charge in [0.05, 0.1) is 18.3 Å². The number of nitrogens with zero attached hydrogens (tertiary/aromatic N) is 1. The predicted octanol–water partition coefficient (Wildman–Crippen LogP) is 5.92. The fourth-order valence-electron chi connectivity index (χ4n) is 9.32. The Bertz CT molecular complexity index is 1650. The molecule has 1 unspecified atom stereocenters. The minimum atomic E-state index is -2.35. The van der Waals surface area contributed by atoms with Gasteiger partial charge in [-0.3, -0.25) is 19.2 Å². The zero-order valence-corrected chi connectivity index (χ0v) is 37.8. The first-order valence-electron chi connectivity index (χ1n) is 22.5. The highest BCUT2D eigenvalue weighted by Gasteiger charge is 2.53. The Labute approximate surface area is 363 Å². The van der Waals surface area contributed by atoms with E-state index < -0.39 is 77.8 Å². The molecular weight excluding hydrogens is 783 g/mol. The van der Waals surface area contributed by atoms with Gasteiger partial charge in [0.15, 0.2) is 5.78 Å². The number of allylic oxidation sites excluding steroid dienone is 7. The van der Waals surface area contributed by atoms with Crippen LogP contribution in [0.2, 0.25) is 0 Å². The molecule has 0 aromatic rings. The van der Waals surface area contributed by atoms with E-state index >= 15 is 0 Å². The Kier molecular flexibility index (Phi) is 19.3. The number of aliphatic hydroxyl groups is 3. The maximum Gasteiger partial charge on any atom is 0.329 e. The van der Waals surface area contributed by atoms with Gasteiger partial charge in [0, 0.05) is 44.9 Å². The first-order valence-corrected chi connectivity index (χ1v) is 22.5. The van der Waals surface area contributed by atoms with Crippen LogP contribution in [-0.2, 0) is 42.9 Å². The molecular formula is C48H73NO12. The molecule has 4 aliphatic rings. The van der Waals surface area contributed by atoms with Crippen molar-refractivity contribution in [3.05, 3.63) is 47.6 Å². The van der Waals surface area contributed by atoms with Crippen molar-refractivity contribution in [3.63, 3.8) is 0 Å².